The third-order valence-corrected chi connectivity index (χ3v) is 1.57. The predicted molar refractivity (Wildman–Crippen MR) is 61.0 cm³/mol. The molecule has 0 aliphatic heterocycles. The van der Waals surface area contributed by atoms with Crippen LogP contribution in [-0.4, -0.2) is 23.9 Å². The topological polar surface area (TPSA) is 20.3 Å². The second kappa shape index (κ2) is 5.43. The van der Waals surface area contributed by atoms with Gasteiger partial charge in [0.25, 0.3) is 0 Å². The monoisotopic (exact) mass is 193 g/mol. The van der Waals surface area contributed by atoms with Crippen molar-refractivity contribution < 1.29 is 4.79 Å². The van der Waals surface area contributed by atoms with Crippen molar-refractivity contribution in [2.45, 2.75) is 20.8 Å². The Hall–Kier alpha value is -1.31. The van der Waals surface area contributed by atoms with Crippen molar-refractivity contribution in [2.24, 2.45) is 0 Å². The molecule has 14 heavy (non-hydrogen) atoms. The summed E-state index contributed by atoms with van der Waals surface area (Å²) in [4.78, 5) is 13.4. The number of hydrogen-bond donors (Lipinski definition) is 0. The lowest BCUT2D eigenvalue weighted by Gasteiger charge is -2.22. The molecule has 0 fully saturated rings. The standard InChI is InChI=1S/C12H19NO/c1-9(2)7-13(8-10(3)4)12(14)11(5)6/h1,3,5,7-8H2,2,4,6H3. The Bertz CT molecular complexity index is 260. The van der Waals surface area contributed by atoms with Crippen LogP contribution in [0.5, 0.6) is 0 Å². The van der Waals surface area contributed by atoms with Crippen molar-refractivity contribution in [1.29, 1.82) is 0 Å². The number of nitrogens with zero attached hydrogens (tertiary/aromatic N) is 1. The molecule has 0 aromatic heterocycles. The van der Waals surface area contributed by atoms with Crippen molar-refractivity contribution in [3.8, 4) is 0 Å². The third-order valence-electron chi connectivity index (χ3n) is 1.57. The zero-order valence-corrected chi connectivity index (χ0v) is 9.39. The lowest BCUT2D eigenvalue weighted by Crippen LogP contribution is -2.33. The van der Waals surface area contributed by atoms with Crippen LogP contribution in [-0.2, 0) is 4.79 Å². The van der Waals surface area contributed by atoms with Gasteiger partial charge in [0.2, 0.25) is 5.91 Å². The molecule has 0 rings (SSSR count). The fourth-order valence-electron chi connectivity index (χ4n) is 1.12. The van der Waals surface area contributed by atoms with Crippen LogP contribution < -0.4 is 0 Å². The van der Waals surface area contributed by atoms with Gasteiger partial charge in [0.1, 0.15) is 0 Å². The molecule has 2 nitrogen and oxygen atoms in total. The van der Waals surface area contributed by atoms with Gasteiger partial charge in [-0.05, 0) is 20.8 Å². The number of hydrogen-bond acceptors (Lipinski definition) is 1. The molecule has 1 amide bonds. The van der Waals surface area contributed by atoms with Gasteiger partial charge in [-0.2, -0.15) is 0 Å². The smallest absolute Gasteiger partial charge is 0.249 e. The van der Waals surface area contributed by atoms with Gasteiger partial charge in [-0.15, -0.1) is 0 Å². The Labute approximate surface area is 86.6 Å². The maximum absolute atomic E-state index is 11.7. The summed E-state index contributed by atoms with van der Waals surface area (Å²) in [6, 6.07) is 0. The Morgan fingerprint density at radius 1 is 1.00 bits per heavy atom. The van der Waals surface area contributed by atoms with E-state index in [1.807, 2.05) is 13.8 Å². The van der Waals surface area contributed by atoms with Crippen LogP contribution in [0.1, 0.15) is 20.8 Å². The van der Waals surface area contributed by atoms with Crippen LogP contribution in [0.2, 0.25) is 0 Å². The second-order valence-electron chi connectivity index (χ2n) is 3.86. The fourth-order valence-corrected chi connectivity index (χ4v) is 1.12. The minimum absolute atomic E-state index is 0.0315. The van der Waals surface area contributed by atoms with Gasteiger partial charge in [-0.1, -0.05) is 30.9 Å². The summed E-state index contributed by atoms with van der Waals surface area (Å²) >= 11 is 0. The highest BCUT2D eigenvalue weighted by Gasteiger charge is 2.13. The van der Waals surface area contributed by atoms with E-state index >= 15 is 0 Å². The average Bonchev–Trinajstić information content (AvgIpc) is 1.99. The summed E-state index contributed by atoms with van der Waals surface area (Å²) in [5.41, 5.74) is 2.47. The Balaban J connectivity index is 4.54. The molecular formula is C12H19NO. The average molecular weight is 193 g/mol. The van der Waals surface area contributed by atoms with Crippen LogP contribution in [0.25, 0.3) is 0 Å². The van der Waals surface area contributed by atoms with Crippen LogP contribution in [0.3, 0.4) is 0 Å². The van der Waals surface area contributed by atoms with E-state index in [0.717, 1.165) is 11.1 Å². The maximum Gasteiger partial charge on any atom is 0.249 e. The van der Waals surface area contributed by atoms with Crippen molar-refractivity contribution >= 4 is 5.91 Å². The number of carbonyl (C=O) groups is 1. The molecular weight excluding hydrogens is 174 g/mol. The summed E-state index contributed by atoms with van der Waals surface area (Å²) in [5, 5.41) is 0. The first-order valence-corrected chi connectivity index (χ1v) is 4.58. The van der Waals surface area contributed by atoms with E-state index in [-0.39, 0.29) is 5.91 Å². The highest BCUT2D eigenvalue weighted by Crippen LogP contribution is 2.05. The first-order valence-electron chi connectivity index (χ1n) is 4.58. The van der Waals surface area contributed by atoms with Gasteiger partial charge in [-0.3, -0.25) is 4.79 Å². The van der Waals surface area contributed by atoms with E-state index in [2.05, 4.69) is 19.7 Å². The Kier molecular flexibility index (Phi) is 4.92. The van der Waals surface area contributed by atoms with Gasteiger partial charge in [-0.25, -0.2) is 0 Å². The first-order chi connectivity index (χ1) is 6.34. The largest absolute Gasteiger partial charge is 0.331 e. The van der Waals surface area contributed by atoms with Crippen LogP contribution >= 0.6 is 0 Å². The highest BCUT2D eigenvalue weighted by molar-refractivity contribution is 5.92. The zero-order chi connectivity index (χ0) is 11.3. The summed E-state index contributed by atoms with van der Waals surface area (Å²) in [6.45, 7) is 17.9. The number of rotatable bonds is 5. The molecule has 0 unspecified atom stereocenters. The molecule has 0 atom stereocenters. The summed E-state index contributed by atoms with van der Waals surface area (Å²) in [6.07, 6.45) is 0. The lowest BCUT2D eigenvalue weighted by molar-refractivity contribution is -0.126. The number of carbonyl (C=O) groups excluding carboxylic acids is 1. The Morgan fingerprint density at radius 2 is 1.36 bits per heavy atom. The Morgan fingerprint density at radius 3 is 1.57 bits per heavy atom. The molecule has 0 N–H and O–H groups in total. The fraction of sp³-hybridized carbons (Fsp3) is 0.417. The van der Waals surface area contributed by atoms with E-state index < -0.39 is 0 Å². The van der Waals surface area contributed by atoms with Crippen LogP contribution in [0, 0.1) is 0 Å². The molecule has 0 radical (unpaired) electrons. The summed E-state index contributed by atoms with van der Waals surface area (Å²) in [5.74, 6) is -0.0315. The predicted octanol–water partition coefficient (Wildman–Crippen LogP) is 2.54. The van der Waals surface area contributed by atoms with Crippen LogP contribution in [0.4, 0.5) is 0 Å². The lowest BCUT2D eigenvalue weighted by atomic mass is 10.2. The van der Waals surface area contributed by atoms with Crippen molar-refractivity contribution in [2.75, 3.05) is 13.1 Å². The molecule has 0 saturated heterocycles. The van der Waals surface area contributed by atoms with Gasteiger partial charge in [0.05, 0.1) is 0 Å². The van der Waals surface area contributed by atoms with E-state index in [1.165, 1.54) is 0 Å². The second-order valence-corrected chi connectivity index (χ2v) is 3.86. The molecule has 0 aromatic rings. The van der Waals surface area contributed by atoms with Gasteiger partial charge in [0.15, 0.2) is 0 Å². The molecule has 78 valence electrons. The SMILES string of the molecule is C=C(C)CN(CC(=C)C)C(=O)C(=C)C. The third kappa shape index (κ3) is 4.65. The number of amides is 1. The molecule has 0 aliphatic rings. The quantitative estimate of drug-likeness (QED) is 0.485. The van der Waals surface area contributed by atoms with E-state index in [4.69, 9.17) is 0 Å². The molecule has 0 bridgehead atoms. The minimum Gasteiger partial charge on any atom is -0.331 e. The molecule has 0 saturated carbocycles. The molecule has 2 heteroatoms. The van der Waals surface area contributed by atoms with E-state index in [1.54, 1.807) is 11.8 Å². The summed E-state index contributed by atoms with van der Waals surface area (Å²) < 4.78 is 0. The first kappa shape index (κ1) is 12.7. The maximum atomic E-state index is 11.7. The minimum atomic E-state index is -0.0315. The molecule has 0 aromatic carbocycles. The molecule has 0 heterocycles. The zero-order valence-electron chi connectivity index (χ0n) is 9.39. The van der Waals surface area contributed by atoms with Gasteiger partial charge < -0.3 is 4.90 Å². The summed E-state index contributed by atoms with van der Waals surface area (Å²) in [7, 11) is 0. The van der Waals surface area contributed by atoms with Gasteiger partial charge >= 0.3 is 0 Å². The normalized spacial score (nSPS) is 9.36. The van der Waals surface area contributed by atoms with E-state index in [0.29, 0.717) is 18.7 Å². The van der Waals surface area contributed by atoms with Crippen molar-refractivity contribution in [1.82, 2.24) is 4.90 Å². The van der Waals surface area contributed by atoms with Crippen molar-refractivity contribution in [3.05, 3.63) is 36.5 Å². The highest BCUT2D eigenvalue weighted by atomic mass is 16.2. The van der Waals surface area contributed by atoms with Gasteiger partial charge in [0, 0.05) is 18.7 Å². The van der Waals surface area contributed by atoms with E-state index in [9.17, 15) is 4.79 Å². The molecule has 0 spiro atoms. The molecule has 0 aliphatic carbocycles. The van der Waals surface area contributed by atoms with Crippen LogP contribution in [0.15, 0.2) is 36.5 Å². The van der Waals surface area contributed by atoms with Crippen molar-refractivity contribution in [3.63, 3.8) is 0 Å².